The van der Waals surface area contributed by atoms with E-state index >= 15 is 0 Å². The highest BCUT2D eigenvalue weighted by Crippen LogP contribution is 2.29. The molecule has 0 bridgehead atoms. The van der Waals surface area contributed by atoms with Gasteiger partial charge in [-0.25, -0.2) is 0 Å². The maximum absolute atomic E-state index is 8.72. The largest absolute Gasteiger partial charge is 0.383 e. The standard InChI is InChI=1S/C9H9N5O2/c1-15-13-11-8-4-3-7(6-10)5-9(8)12-14-16-2/h3-5H,1-2H3. The van der Waals surface area contributed by atoms with Crippen LogP contribution in [0.25, 0.3) is 0 Å². The van der Waals surface area contributed by atoms with Crippen LogP contribution >= 0.6 is 0 Å². The van der Waals surface area contributed by atoms with Crippen molar-refractivity contribution in [2.24, 2.45) is 20.8 Å². The molecule has 7 heteroatoms. The van der Waals surface area contributed by atoms with Crippen LogP contribution in [-0.2, 0) is 9.68 Å². The lowest BCUT2D eigenvalue weighted by Gasteiger charge is -1.97. The van der Waals surface area contributed by atoms with Crippen LogP contribution < -0.4 is 0 Å². The number of nitriles is 1. The van der Waals surface area contributed by atoms with Gasteiger partial charge in [0.15, 0.2) is 0 Å². The van der Waals surface area contributed by atoms with E-state index in [-0.39, 0.29) is 0 Å². The molecule has 1 aromatic carbocycles. The van der Waals surface area contributed by atoms with E-state index in [1.807, 2.05) is 6.07 Å². The molecular formula is C9H9N5O2. The zero-order chi connectivity index (χ0) is 11.8. The van der Waals surface area contributed by atoms with E-state index in [1.54, 1.807) is 12.1 Å². The molecule has 0 fully saturated rings. The highest BCUT2D eigenvalue weighted by atomic mass is 16.6. The molecule has 0 aliphatic rings. The Bertz CT molecular complexity index is 450. The minimum Gasteiger partial charge on any atom is -0.383 e. The van der Waals surface area contributed by atoms with Crippen molar-refractivity contribution in [1.82, 2.24) is 0 Å². The molecule has 0 N–H and O–H groups in total. The fourth-order valence-electron chi connectivity index (χ4n) is 0.927. The summed E-state index contributed by atoms with van der Waals surface area (Å²) in [5.74, 6) is 0. The lowest BCUT2D eigenvalue weighted by molar-refractivity contribution is 0.189. The van der Waals surface area contributed by atoms with Crippen LogP contribution in [0.2, 0.25) is 0 Å². The molecule has 0 spiro atoms. The summed E-state index contributed by atoms with van der Waals surface area (Å²) in [7, 11) is 2.75. The van der Waals surface area contributed by atoms with Gasteiger partial charge in [0, 0.05) is 10.6 Å². The number of nitrogens with zero attached hydrogens (tertiary/aromatic N) is 5. The lowest BCUT2D eigenvalue weighted by Crippen LogP contribution is -1.75. The van der Waals surface area contributed by atoms with Gasteiger partial charge in [-0.2, -0.15) is 5.26 Å². The van der Waals surface area contributed by atoms with Crippen molar-refractivity contribution in [2.45, 2.75) is 0 Å². The predicted molar refractivity (Wildman–Crippen MR) is 54.2 cm³/mol. The van der Waals surface area contributed by atoms with E-state index in [0.29, 0.717) is 16.9 Å². The van der Waals surface area contributed by atoms with E-state index in [4.69, 9.17) is 5.26 Å². The summed E-state index contributed by atoms with van der Waals surface area (Å²) in [5.41, 5.74) is 1.25. The van der Waals surface area contributed by atoms with Gasteiger partial charge in [0.2, 0.25) is 0 Å². The zero-order valence-corrected chi connectivity index (χ0v) is 8.78. The van der Waals surface area contributed by atoms with Crippen LogP contribution in [0.4, 0.5) is 11.4 Å². The third-order valence-corrected chi connectivity index (χ3v) is 1.56. The fraction of sp³-hybridized carbons (Fsp3) is 0.222. The van der Waals surface area contributed by atoms with Crippen molar-refractivity contribution in [1.29, 1.82) is 5.26 Å². The molecule has 0 aromatic heterocycles. The lowest BCUT2D eigenvalue weighted by atomic mass is 10.2. The summed E-state index contributed by atoms with van der Waals surface area (Å²) in [6.45, 7) is 0. The van der Waals surface area contributed by atoms with Crippen molar-refractivity contribution in [3.8, 4) is 6.07 Å². The van der Waals surface area contributed by atoms with Crippen LogP contribution in [0, 0.1) is 11.3 Å². The monoisotopic (exact) mass is 219 g/mol. The minimum absolute atomic E-state index is 0.377. The quantitative estimate of drug-likeness (QED) is 0.575. The molecule has 0 unspecified atom stereocenters. The van der Waals surface area contributed by atoms with Crippen molar-refractivity contribution in [3.63, 3.8) is 0 Å². The Labute approximate surface area is 91.9 Å². The maximum atomic E-state index is 8.72. The van der Waals surface area contributed by atoms with Gasteiger partial charge in [-0.05, 0) is 18.2 Å². The summed E-state index contributed by atoms with van der Waals surface area (Å²) in [6.07, 6.45) is 0. The van der Waals surface area contributed by atoms with Crippen molar-refractivity contribution in [3.05, 3.63) is 23.8 Å². The van der Waals surface area contributed by atoms with Gasteiger partial charge in [-0.1, -0.05) is 0 Å². The third-order valence-electron chi connectivity index (χ3n) is 1.56. The molecule has 0 aliphatic carbocycles. The molecule has 0 heterocycles. The van der Waals surface area contributed by atoms with Crippen LogP contribution in [0.15, 0.2) is 39.0 Å². The van der Waals surface area contributed by atoms with Gasteiger partial charge in [-0.3, -0.25) is 0 Å². The zero-order valence-electron chi connectivity index (χ0n) is 8.78. The summed E-state index contributed by atoms with van der Waals surface area (Å²) in [5, 5.41) is 22.9. The molecule has 1 rings (SSSR count). The number of rotatable bonds is 4. The highest BCUT2D eigenvalue weighted by Gasteiger charge is 2.03. The van der Waals surface area contributed by atoms with Gasteiger partial charge < -0.3 is 9.68 Å². The van der Waals surface area contributed by atoms with Gasteiger partial charge in [0.05, 0.1) is 11.6 Å². The normalized spacial score (nSPS) is 10.6. The first-order valence-corrected chi connectivity index (χ1v) is 4.24. The molecule has 82 valence electrons. The van der Waals surface area contributed by atoms with E-state index in [9.17, 15) is 0 Å². The highest BCUT2D eigenvalue weighted by molar-refractivity contribution is 5.63. The molecule has 16 heavy (non-hydrogen) atoms. The second-order valence-electron chi connectivity index (χ2n) is 2.54. The molecule has 0 saturated heterocycles. The van der Waals surface area contributed by atoms with E-state index in [0.717, 1.165) is 0 Å². The van der Waals surface area contributed by atoms with Gasteiger partial charge >= 0.3 is 0 Å². The van der Waals surface area contributed by atoms with Crippen LogP contribution in [-0.4, -0.2) is 14.2 Å². The topological polar surface area (TPSA) is 91.7 Å². The SMILES string of the molecule is CON=Nc1ccc(C#N)cc1N=NOC. The van der Waals surface area contributed by atoms with Crippen LogP contribution in [0.3, 0.4) is 0 Å². The Hall–Kier alpha value is -2.49. The average molecular weight is 219 g/mol. The minimum atomic E-state index is 0.377. The molecule has 0 aliphatic heterocycles. The first kappa shape index (κ1) is 11.6. The number of hydrogen-bond donors (Lipinski definition) is 0. The second kappa shape index (κ2) is 6.08. The Morgan fingerprint density at radius 2 is 1.69 bits per heavy atom. The van der Waals surface area contributed by atoms with E-state index in [1.165, 1.54) is 20.3 Å². The number of hydrogen-bond acceptors (Lipinski definition) is 7. The fourth-order valence-corrected chi connectivity index (χ4v) is 0.927. The smallest absolute Gasteiger partial charge is 0.118 e. The van der Waals surface area contributed by atoms with Crippen molar-refractivity contribution in [2.75, 3.05) is 14.2 Å². The first-order valence-electron chi connectivity index (χ1n) is 4.24. The van der Waals surface area contributed by atoms with Crippen molar-refractivity contribution < 1.29 is 9.68 Å². The summed E-state index contributed by atoms with van der Waals surface area (Å²) >= 11 is 0. The van der Waals surface area contributed by atoms with E-state index < -0.39 is 0 Å². The Balaban J connectivity index is 3.11. The molecule has 0 radical (unpaired) electrons. The van der Waals surface area contributed by atoms with Gasteiger partial charge in [0.25, 0.3) is 0 Å². The molecule has 0 amide bonds. The first-order chi connectivity index (χ1) is 7.81. The Kier molecular flexibility index (Phi) is 4.40. The summed E-state index contributed by atoms with van der Waals surface area (Å²) in [6, 6.07) is 6.68. The van der Waals surface area contributed by atoms with Gasteiger partial charge in [0.1, 0.15) is 25.6 Å². The average Bonchev–Trinajstić information content (AvgIpc) is 2.34. The Morgan fingerprint density at radius 3 is 2.25 bits per heavy atom. The molecule has 0 saturated carbocycles. The van der Waals surface area contributed by atoms with E-state index in [2.05, 4.69) is 30.5 Å². The second-order valence-corrected chi connectivity index (χ2v) is 2.54. The molecule has 0 atom stereocenters. The van der Waals surface area contributed by atoms with Crippen LogP contribution in [0.5, 0.6) is 0 Å². The summed E-state index contributed by atoms with van der Waals surface area (Å²) < 4.78 is 0. The predicted octanol–water partition coefficient (Wildman–Crippen LogP) is 2.85. The summed E-state index contributed by atoms with van der Waals surface area (Å²) in [4.78, 5) is 8.90. The van der Waals surface area contributed by atoms with Crippen molar-refractivity contribution >= 4 is 11.4 Å². The maximum Gasteiger partial charge on any atom is 0.118 e. The van der Waals surface area contributed by atoms with Gasteiger partial charge in [-0.15, -0.1) is 10.2 Å². The molecular weight excluding hydrogens is 210 g/mol. The third kappa shape index (κ3) is 3.02. The Morgan fingerprint density at radius 1 is 1.06 bits per heavy atom. The van der Waals surface area contributed by atoms with Crippen LogP contribution in [0.1, 0.15) is 5.56 Å². The molecule has 7 nitrogen and oxygen atoms in total. The number of benzene rings is 1. The molecule has 1 aromatic rings.